The summed E-state index contributed by atoms with van der Waals surface area (Å²) in [6.45, 7) is 2.46. The van der Waals surface area contributed by atoms with Crippen molar-refractivity contribution in [2.75, 3.05) is 0 Å². The van der Waals surface area contributed by atoms with Gasteiger partial charge in [-0.05, 0) is 71.8 Å². The first-order valence-corrected chi connectivity index (χ1v) is 10.6. The topological polar surface area (TPSA) is 50.7 Å². The second-order valence-electron chi connectivity index (χ2n) is 6.75. The number of amides is 1. The van der Waals surface area contributed by atoms with Crippen LogP contribution >= 0.6 is 23.4 Å². The minimum absolute atomic E-state index is 0.143. The van der Waals surface area contributed by atoms with Crippen molar-refractivity contribution in [3.63, 3.8) is 0 Å². The third-order valence-electron chi connectivity index (χ3n) is 4.48. The number of benzene rings is 3. The number of nitrogens with one attached hydrogen (secondary N) is 1. The van der Waals surface area contributed by atoms with Gasteiger partial charge in [-0.15, -0.1) is 0 Å². The lowest BCUT2D eigenvalue weighted by molar-refractivity contribution is -0.115. The average Bonchev–Trinajstić information content (AvgIpc) is 3.09. The van der Waals surface area contributed by atoms with Gasteiger partial charge in [-0.3, -0.25) is 4.79 Å². The van der Waals surface area contributed by atoms with Gasteiger partial charge in [0.05, 0.1) is 10.6 Å². The first kappa shape index (κ1) is 20.3. The Morgan fingerprint density at radius 1 is 1.03 bits per heavy atom. The molecule has 1 amide bonds. The smallest absolute Gasteiger partial charge is 0.264 e. The summed E-state index contributed by atoms with van der Waals surface area (Å²) < 4.78 is 5.81. The molecule has 0 aliphatic carbocycles. The molecule has 1 fully saturated rings. The van der Waals surface area contributed by atoms with Crippen LogP contribution in [0.3, 0.4) is 0 Å². The van der Waals surface area contributed by atoms with Crippen molar-refractivity contribution in [1.29, 1.82) is 0 Å². The SMILES string of the molecule is Cc1ccccc1N=C1NC(=O)C(=Cc2ccc(OCc3ccc(Cl)cc3)cc2)S1. The van der Waals surface area contributed by atoms with Crippen LogP contribution < -0.4 is 10.1 Å². The van der Waals surface area contributed by atoms with Gasteiger partial charge in [0.1, 0.15) is 12.4 Å². The van der Waals surface area contributed by atoms with E-state index in [1.165, 1.54) is 11.8 Å². The van der Waals surface area contributed by atoms with Crippen molar-refractivity contribution in [3.8, 4) is 5.75 Å². The van der Waals surface area contributed by atoms with E-state index < -0.39 is 0 Å². The van der Waals surface area contributed by atoms with Crippen LogP contribution in [-0.4, -0.2) is 11.1 Å². The van der Waals surface area contributed by atoms with Crippen LogP contribution in [0, 0.1) is 6.92 Å². The molecular weight excluding hydrogens is 416 g/mol. The number of para-hydroxylation sites is 1. The Morgan fingerprint density at radius 2 is 1.77 bits per heavy atom. The molecule has 0 spiro atoms. The fourth-order valence-electron chi connectivity index (χ4n) is 2.84. The summed E-state index contributed by atoms with van der Waals surface area (Å²) in [6, 6.07) is 23.0. The van der Waals surface area contributed by atoms with Gasteiger partial charge in [-0.1, -0.05) is 54.1 Å². The van der Waals surface area contributed by atoms with Crippen molar-refractivity contribution in [1.82, 2.24) is 5.32 Å². The highest BCUT2D eigenvalue weighted by Crippen LogP contribution is 2.29. The van der Waals surface area contributed by atoms with Crippen molar-refractivity contribution < 1.29 is 9.53 Å². The zero-order valence-electron chi connectivity index (χ0n) is 16.3. The molecule has 0 saturated carbocycles. The summed E-state index contributed by atoms with van der Waals surface area (Å²) in [5.74, 6) is 0.618. The average molecular weight is 435 g/mol. The molecule has 3 aromatic carbocycles. The van der Waals surface area contributed by atoms with E-state index in [4.69, 9.17) is 16.3 Å². The summed E-state index contributed by atoms with van der Waals surface area (Å²) in [5, 5.41) is 4.12. The van der Waals surface area contributed by atoms with Crippen LogP contribution in [0.2, 0.25) is 5.02 Å². The van der Waals surface area contributed by atoms with Crippen molar-refractivity contribution in [3.05, 3.63) is 99.4 Å². The van der Waals surface area contributed by atoms with Crippen LogP contribution in [-0.2, 0) is 11.4 Å². The largest absolute Gasteiger partial charge is 0.489 e. The number of ether oxygens (including phenoxy) is 1. The Balaban J connectivity index is 1.41. The van der Waals surface area contributed by atoms with Gasteiger partial charge < -0.3 is 10.1 Å². The zero-order valence-corrected chi connectivity index (χ0v) is 17.8. The molecular formula is C24H19ClN2O2S. The molecule has 0 aromatic heterocycles. The lowest BCUT2D eigenvalue weighted by atomic mass is 10.2. The maximum atomic E-state index is 12.3. The van der Waals surface area contributed by atoms with Crippen LogP contribution in [0.5, 0.6) is 5.75 Å². The molecule has 0 unspecified atom stereocenters. The second-order valence-corrected chi connectivity index (χ2v) is 8.22. The third kappa shape index (κ3) is 5.12. The van der Waals surface area contributed by atoms with Gasteiger partial charge in [0.25, 0.3) is 5.91 Å². The fraction of sp³-hybridized carbons (Fsp3) is 0.0833. The van der Waals surface area contributed by atoms with E-state index in [0.29, 0.717) is 21.7 Å². The van der Waals surface area contributed by atoms with Gasteiger partial charge in [0.15, 0.2) is 5.17 Å². The van der Waals surface area contributed by atoms with Crippen LogP contribution in [0.4, 0.5) is 5.69 Å². The monoisotopic (exact) mass is 434 g/mol. The Bertz CT molecular complexity index is 1120. The highest BCUT2D eigenvalue weighted by atomic mass is 35.5. The predicted molar refractivity (Wildman–Crippen MR) is 124 cm³/mol. The lowest BCUT2D eigenvalue weighted by Crippen LogP contribution is -2.19. The van der Waals surface area contributed by atoms with Gasteiger partial charge in [-0.25, -0.2) is 4.99 Å². The summed E-state index contributed by atoms with van der Waals surface area (Å²) >= 11 is 7.24. The lowest BCUT2D eigenvalue weighted by Gasteiger charge is -2.06. The normalized spacial score (nSPS) is 16.1. The van der Waals surface area contributed by atoms with Crippen molar-refractivity contribution >= 4 is 46.2 Å². The molecule has 0 atom stereocenters. The fourth-order valence-corrected chi connectivity index (χ4v) is 3.80. The standard InChI is InChI=1S/C24H19ClN2O2S/c1-16-4-2-3-5-21(16)26-24-27-23(28)22(30-24)14-17-8-12-20(13-9-17)29-15-18-6-10-19(25)11-7-18/h2-14H,15H2,1H3,(H,26,27,28). The van der Waals surface area contributed by atoms with E-state index in [0.717, 1.165) is 28.1 Å². The molecule has 1 N–H and O–H groups in total. The summed E-state index contributed by atoms with van der Waals surface area (Å²) in [4.78, 5) is 17.5. The quantitative estimate of drug-likeness (QED) is 0.492. The number of aryl methyl sites for hydroxylation is 1. The Labute approximate surface area is 184 Å². The minimum atomic E-state index is -0.143. The third-order valence-corrected chi connectivity index (χ3v) is 5.65. The van der Waals surface area contributed by atoms with E-state index in [-0.39, 0.29) is 5.91 Å². The van der Waals surface area contributed by atoms with E-state index in [2.05, 4.69) is 10.3 Å². The molecule has 4 rings (SSSR count). The van der Waals surface area contributed by atoms with Gasteiger partial charge in [0.2, 0.25) is 0 Å². The molecule has 150 valence electrons. The second kappa shape index (κ2) is 9.20. The van der Waals surface area contributed by atoms with E-state index in [1.807, 2.05) is 85.8 Å². The summed E-state index contributed by atoms with van der Waals surface area (Å²) in [6.07, 6.45) is 1.85. The van der Waals surface area contributed by atoms with Gasteiger partial charge >= 0.3 is 0 Å². The molecule has 0 bridgehead atoms. The molecule has 4 nitrogen and oxygen atoms in total. The predicted octanol–water partition coefficient (Wildman–Crippen LogP) is 6.12. The first-order valence-electron chi connectivity index (χ1n) is 9.39. The molecule has 0 radical (unpaired) electrons. The van der Waals surface area contributed by atoms with Crippen molar-refractivity contribution in [2.24, 2.45) is 4.99 Å². The zero-order chi connectivity index (χ0) is 20.9. The molecule has 1 saturated heterocycles. The number of rotatable bonds is 5. The van der Waals surface area contributed by atoms with Crippen LogP contribution in [0.15, 0.2) is 82.7 Å². The highest BCUT2D eigenvalue weighted by molar-refractivity contribution is 8.18. The molecule has 1 aliphatic rings. The Morgan fingerprint density at radius 3 is 2.50 bits per heavy atom. The van der Waals surface area contributed by atoms with E-state index in [9.17, 15) is 4.79 Å². The number of aliphatic imine (C=N–C) groups is 1. The van der Waals surface area contributed by atoms with Gasteiger partial charge in [0, 0.05) is 5.02 Å². The summed E-state index contributed by atoms with van der Waals surface area (Å²) in [7, 11) is 0. The number of carbonyl (C=O) groups excluding carboxylic acids is 1. The molecule has 1 heterocycles. The first-order chi connectivity index (χ1) is 14.6. The van der Waals surface area contributed by atoms with E-state index in [1.54, 1.807) is 0 Å². The number of hydrogen-bond donors (Lipinski definition) is 1. The molecule has 6 heteroatoms. The highest BCUT2D eigenvalue weighted by Gasteiger charge is 2.23. The molecule has 30 heavy (non-hydrogen) atoms. The number of hydrogen-bond acceptors (Lipinski definition) is 4. The Kier molecular flexibility index (Phi) is 6.21. The van der Waals surface area contributed by atoms with Crippen LogP contribution in [0.1, 0.15) is 16.7 Å². The number of nitrogens with zero attached hydrogens (tertiary/aromatic N) is 1. The number of carbonyl (C=O) groups is 1. The van der Waals surface area contributed by atoms with Gasteiger partial charge in [-0.2, -0.15) is 0 Å². The number of halogens is 1. The number of amidine groups is 1. The van der Waals surface area contributed by atoms with E-state index >= 15 is 0 Å². The molecule has 3 aromatic rings. The Hall–Kier alpha value is -3.02. The summed E-state index contributed by atoms with van der Waals surface area (Å²) in [5.41, 5.74) is 3.88. The minimum Gasteiger partial charge on any atom is -0.489 e. The molecule has 1 aliphatic heterocycles. The van der Waals surface area contributed by atoms with Crippen molar-refractivity contribution in [2.45, 2.75) is 13.5 Å². The number of thioether (sulfide) groups is 1. The van der Waals surface area contributed by atoms with Crippen LogP contribution in [0.25, 0.3) is 6.08 Å². The maximum absolute atomic E-state index is 12.3. The maximum Gasteiger partial charge on any atom is 0.264 e.